The predicted molar refractivity (Wildman–Crippen MR) is 80.9 cm³/mol. The lowest BCUT2D eigenvalue weighted by Gasteiger charge is -2.22. The van der Waals surface area contributed by atoms with Crippen molar-refractivity contribution in [1.29, 1.82) is 0 Å². The van der Waals surface area contributed by atoms with Gasteiger partial charge in [-0.25, -0.2) is 17.1 Å². The van der Waals surface area contributed by atoms with Crippen molar-refractivity contribution < 1.29 is 12.8 Å². The molecule has 1 saturated carbocycles. The molecule has 4 nitrogen and oxygen atoms in total. The first-order valence-corrected chi connectivity index (χ1v) is 8.78. The Kier molecular flexibility index (Phi) is 5.35. The molecule has 0 heterocycles. The highest BCUT2D eigenvalue weighted by atomic mass is 32.2. The SMILES string of the molecule is CNCc1ccc(F)cc1S(=O)(=O)N(C)CC1CCCC1. The van der Waals surface area contributed by atoms with Crippen molar-refractivity contribution in [3.05, 3.63) is 29.6 Å². The molecule has 0 bridgehead atoms. The van der Waals surface area contributed by atoms with E-state index in [-0.39, 0.29) is 4.90 Å². The van der Waals surface area contributed by atoms with Gasteiger partial charge in [0.05, 0.1) is 4.90 Å². The van der Waals surface area contributed by atoms with Gasteiger partial charge < -0.3 is 5.32 Å². The van der Waals surface area contributed by atoms with Crippen molar-refractivity contribution in [1.82, 2.24) is 9.62 Å². The summed E-state index contributed by atoms with van der Waals surface area (Å²) in [4.78, 5) is 0.0670. The highest BCUT2D eigenvalue weighted by molar-refractivity contribution is 7.89. The number of halogens is 1. The van der Waals surface area contributed by atoms with E-state index in [9.17, 15) is 12.8 Å². The second-order valence-corrected chi connectivity index (χ2v) is 7.73. The third-order valence-electron chi connectivity index (χ3n) is 4.07. The molecule has 1 N–H and O–H groups in total. The van der Waals surface area contributed by atoms with Crippen LogP contribution < -0.4 is 5.32 Å². The zero-order valence-corrected chi connectivity index (χ0v) is 13.4. The molecule has 118 valence electrons. The van der Waals surface area contributed by atoms with Crippen LogP contribution in [0.3, 0.4) is 0 Å². The Morgan fingerprint density at radius 2 is 2.00 bits per heavy atom. The Labute approximate surface area is 126 Å². The molecule has 0 spiro atoms. The molecular formula is C15H23FN2O2S. The van der Waals surface area contributed by atoms with Gasteiger partial charge in [0.2, 0.25) is 10.0 Å². The number of sulfonamides is 1. The Morgan fingerprint density at radius 3 is 2.62 bits per heavy atom. The molecule has 1 aliphatic rings. The number of hydrogen-bond donors (Lipinski definition) is 1. The number of benzene rings is 1. The van der Waals surface area contributed by atoms with E-state index < -0.39 is 15.8 Å². The topological polar surface area (TPSA) is 49.4 Å². The van der Waals surface area contributed by atoms with Gasteiger partial charge in [0.15, 0.2) is 0 Å². The van der Waals surface area contributed by atoms with Crippen molar-refractivity contribution >= 4 is 10.0 Å². The minimum atomic E-state index is -3.65. The molecule has 1 fully saturated rings. The maximum Gasteiger partial charge on any atom is 0.243 e. The lowest BCUT2D eigenvalue weighted by molar-refractivity contribution is 0.386. The van der Waals surface area contributed by atoms with E-state index in [1.807, 2.05) is 0 Å². The molecule has 0 aliphatic heterocycles. The van der Waals surface area contributed by atoms with Gasteiger partial charge in [-0.2, -0.15) is 0 Å². The first-order chi connectivity index (χ1) is 9.95. The van der Waals surface area contributed by atoms with Crippen LogP contribution in [0.15, 0.2) is 23.1 Å². The second-order valence-electron chi connectivity index (χ2n) is 5.72. The molecule has 6 heteroatoms. The van der Waals surface area contributed by atoms with Crippen LogP contribution in [0.1, 0.15) is 31.2 Å². The smallest absolute Gasteiger partial charge is 0.243 e. The predicted octanol–water partition coefficient (Wildman–Crippen LogP) is 2.36. The lowest BCUT2D eigenvalue weighted by atomic mass is 10.1. The van der Waals surface area contributed by atoms with E-state index in [4.69, 9.17) is 0 Å². The highest BCUT2D eigenvalue weighted by Crippen LogP contribution is 2.28. The molecule has 1 aromatic carbocycles. The molecule has 1 aliphatic carbocycles. The molecular weight excluding hydrogens is 291 g/mol. The van der Waals surface area contributed by atoms with Crippen molar-refractivity contribution in [2.24, 2.45) is 5.92 Å². The molecule has 0 aromatic heterocycles. The van der Waals surface area contributed by atoms with Crippen LogP contribution >= 0.6 is 0 Å². The van der Waals surface area contributed by atoms with Crippen LogP contribution in [0.2, 0.25) is 0 Å². The summed E-state index contributed by atoms with van der Waals surface area (Å²) in [7, 11) is -0.325. The Bertz CT molecular complexity index is 583. The Balaban J connectivity index is 2.26. The maximum atomic E-state index is 13.5. The number of nitrogens with zero attached hydrogens (tertiary/aromatic N) is 1. The number of rotatable bonds is 6. The number of hydrogen-bond acceptors (Lipinski definition) is 3. The van der Waals surface area contributed by atoms with E-state index in [2.05, 4.69) is 5.32 Å². The van der Waals surface area contributed by atoms with Gasteiger partial charge in [-0.3, -0.25) is 0 Å². The van der Waals surface area contributed by atoms with Gasteiger partial charge in [0.1, 0.15) is 5.82 Å². The van der Waals surface area contributed by atoms with Gasteiger partial charge in [-0.15, -0.1) is 0 Å². The third kappa shape index (κ3) is 3.81. The van der Waals surface area contributed by atoms with Crippen molar-refractivity contribution in [2.45, 2.75) is 37.1 Å². The molecule has 2 rings (SSSR count). The van der Waals surface area contributed by atoms with Gasteiger partial charge in [0.25, 0.3) is 0 Å². The largest absolute Gasteiger partial charge is 0.316 e. The van der Waals surface area contributed by atoms with E-state index in [1.165, 1.54) is 29.3 Å². The summed E-state index contributed by atoms with van der Waals surface area (Å²) in [6.07, 6.45) is 4.49. The fraction of sp³-hybridized carbons (Fsp3) is 0.600. The number of nitrogens with one attached hydrogen (secondary N) is 1. The average molecular weight is 314 g/mol. The van der Waals surface area contributed by atoms with Crippen molar-refractivity contribution in [3.63, 3.8) is 0 Å². The normalized spacial score (nSPS) is 16.8. The van der Waals surface area contributed by atoms with Crippen LogP contribution in [0.25, 0.3) is 0 Å². The average Bonchev–Trinajstić information content (AvgIpc) is 2.93. The molecule has 0 amide bonds. The van der Waals surface area contributed by atoms with Crippen LogP contribution in [-0.4, -0.2) is 33.4 Å². The maximum absolute atomic E-state index is 13.5. The Morgan fingerprint density at radius 1 is 1.33 bits per heavy atom. The van der Waals surface area contributed by atoms with Gasteiger partial charge in [-0.05, 0) is 43.5 Å². The first kappa shape index (κ1) is 16.4. The van der Waals surface area contributed by atoms with Gasteiger partial charge in [0, 0.05) is 20.1 Å². The molecule has 0 saturated heterocycles. The van der Waals surface area contributed by atoms with Crippen molar-refractivity contribution in [2.75, 3.05) is 20.6 Å². The quantitative estimate of drug-likeness (QED) is 0.877. The standard InChI is InChI=1S/C15H23FN2O2S/c1-17-10-13-7-8-14(16)9-15(13)21(19,20)18(2)11-12-5-3-4-6-12/h7-9,12,17H,3-6,10-11H2,1-2H3. The van der Waals surface area contributed by atoms with Gasteiger partial charge in [-0.1, -0.05) is 18.9 Å². The molecule has 1 aromatic rings. The summed E-state index contributed by atoms with van der Waals surface area (Å²) in [5.74, 6) is -0.103. The van der Waals surface area contributed by atoms with Gasteiger partial charge >= 0.3 is 0 Å². The zero-order chi connectivity index (χ0) is 15.5. The molecule has 0 radical (unpaired) electrons. The second kappa shape index (κ2) is 6.85. The fourth-order valence-electron chi connectivity index (χ4n) is 2.93. The van der Waals surface area contributed by atoms with E-state index in [0.717, 1.165) is 18.9 Å². The zero-order valence-electron chi connectivity index (χ0n) is 12.6. The minimum Gasteiger partial charge on any atom is -0.316 e. The van der Waals surface area contributed by atoms with Crippen LogP contribution in [0.4, 0.5) is 4.39 Å². The van der Waals surface area contributed by atoms with Crippen molar-refractivity contribution in [3.8, 4) is 0 Å². The summed E-state index contributed by atoms with van der Waals surface area (Å²) in [6, 6.07) is 3.94. The Hall–Kier alpha value is -0.980. The molecule has 0 atom stereocenters. The van der Waals surface area contributed by atoms with Crippen LogP contribution in [0, 0.1) is 11.7 Å². The molecule has 0 unspecified atom stereocenters. The summed E-state index contributed by atoms with van der Waals surface area (Å²) in [5.41, 5.74) is 0.595. The van der Waals surface area contributed by atoms with Crippen LogP contribution in [0.5, 0.6) is 0 Å². The highest BCUT2D eigenvalue weighted by Gasteiger charge is 2.27. The summed E-state index contributed by atoms with van der Waals surface area (Å²) in [5, 5.41) is 2.92. The van der Waals surface area contributed by atoms with Crippen LogP contribution in [-0.2, 0) is 16.6 Å². The third-order valence-corrected chi connectivity index (χ3v) is 5.98. The van der Waals surface area contributed by atoms with E-state index in [0.29, 0.717) is 24.6 Å². The lowest BCUT2D eigenvalue weighted by Crippen LogP contribution is -2.32. The first-order valence-electron chi connectivity index (χ1n) is 7.34. The minimum absolute atomic E-state index is 0.0670. The monoisotopic (exact) mass is 314 g/mol. The van der Waals surface area contributed by atoms with E-state index >= 15 is 0 Å². The fourth-order valence-corrected chi connectivity index (χ4v) is 4.40. The summed E-state index contributed by atoms with van der Waals surface area (Å²) < 4.78 is 40.3. The molecule has 21 heavy (non-hydrogen) atoms. The van der Waals surface area contributed by atoms with E-state index in [1.54, 1.807) is 14.1 Å². The summed E-state index contributed by atoms with van der Waals surface area (Å²) >= 11 is 0. The summed E-state index contributed by atoms with van der Waals surface area (Å²) in [6.45, 7) is 0.907.